The lowest BCUT2D eigenvalue weighted by molar-refractivity contribution is -0.141. The smallest absolute Gasteiger partial charge is 0.320 e. The SMILES string of the molecule is COc1ccccc1CN1CCC2(CC1)C[C@@H](C(=O)O)N(C)C2. The summed E-state index contributed by atoms with van der Waals surface area (Å²) in [6.07, 6.45) is 2.95. The number of carbonyl (C=O) groups is 1. The van der Waals surface area contributed by atoms with E-state index in [0.29, 0.717) is 0 Å². The number of likely N-dealkylation sites (N-methyl/N-ethyl adjacent to an activating group) is 1. The topological polar surface area (TPSA) is 53.0 Å². The number of methoxy groups -OCH3 is 1. The van der Waals surface area contributed by atoms with Crippen LogP contribution in [0.25, 0.3) is 0 Å². The van der Waals surface area contributed by atoms with Crippen molar-refractivity contribution in [3.8, 4) is 5.75 Å². The Morgan fingerprint density at radius 3 is 2.65 bits per heavy atom. The van der Waals surface area contributed by atoms with Crippen molar-refractivity contribution in [3.05, 3.63) is 29.8 Å². The molecule has 2 fully saturated rings. The number of ether oxygens (including phenoxy) is 1. The maximum Gasteiger partial charge on any atom is 0.320 e. The second-order valence-electron chi connectivity index (χ2n) is 7.06. The lowest BCUT2D eigenvalue weighted by Gasteiger charge is -2.39. The molecule has 23 heavy (non-hydrogen) atoms. The van der Waals surface area contributed by atoms with Gasteiger partial charge in [0.25, 0.3) is 0 Å². The molecule has 5 nitrogen and oxygen atoms in total. The van der Waals surface area contributed by atoms with E-state index in [1.54, 1.807) is 7.11 Å². The average molecular weight is 318 g/mol. The lowest BCUT2D eigenvalue weighted by atomic mass is 9.76. The van der Waals surface area contributed by atoms with E-state index in [-0.39, 0.29) is 11.5 Å². The third-order valence-corrected chi connectivity index (χ3v) is 5.53. The van der Waals surface area contributed by atoms with Crippen LogP contribution >= 0.6 is 0 Å². The number of carboxylic acid groups (broad SMARTS) is 1. The molecule has 2 aliphatic rings. The van der Waals surface area contributed by atoms with Gasteiger partial charge in [-0.1, -0.05) is 18.2 Å². The lowest BCUT2D eigenvalue weighted by Crippen LogP contribution is -2.40. The highest BCUT2D eigenvalue weighted by molar-refractivity contribution is 5.74. The van der Waals surface area contributed by atoms with Crippen molar-refractivity contribution >= 4 is 5.97 Å². The summed E-state index contributed by atoms with van der Waals surface area (Å²) in [7, 11) is 3.65. The molecule has 1 atom stereocenters. The molecule has 1 aromatic rings. The minimum atomic E-state index is -0.680. The van der Waals surface area contributed by atoms with Gasteiger partial charge in [-0.25, -0.2) is 0 Å². The molecule has 2 aliphatic heterocycles. The van der Waals surface area contributed by atoms with Crippen LogP contribution in [0.15, 0.2) is 24.3 Å². The molecule has 0 aromatic heterocycles. The van der Waals surface area contributed by atoms with Gasteiger partial charge in [0.2, 0.25) is 0 Å². The van der Waals surface area contributed by atoms with E-state index < -0.39 is 5.97 Å². The number of aliphatic carboxylic acids is 1. The van der Waals surface area contributed by atoms with Crippen LogP contribution in [0.3, 0.4) is 0 Å². The van der Waals surface area contributed by atoms with Gasteiger partial charge in [0.1, 0.15) is 11.8 Å². The zero-order valence-electron chi connectivity index (χ0n) is 14.0. The third-order valence-electron chi connectivity index (χ3n) is 5.53. The first-order valence-corrected chi connectivity index (χ1v) is 8.30. The van der Waals surface area contributed by atoms with Crippen molar-refractivity contribution in [1.82, 2.24) is 9.80 Å². The van der Waals surface area contributed by atoms with Gasteiger partial charge >= 0.3 is 5.97 Å². The van der Waals surface area contributed by atoms with E-state index in [0.717, 1.165) is 51.2 Å². The minimum absolute atomic E-state index is 0.190. The van der Waals surface area contributed by atoms with Crippen LogP contribution in [0.2, 0.25) is 0 Å². The van der Waals surface area contributed by atoms with Crippen molar-refractivity contribution in [1.29, 1.82) is 0 Å². The molecule has 0 bridgehead atoms. The summed E-state index contributed by atoms with van der Waals surface area (Å²) in [5, 5.41) is 9.34. The molecule has 126 valence electrons. The van der Waals surface area contributed by atoms with E-state index in [1.165, 1.54) is 5.56 Å². The third kappa shape index (κ3) is 3.35. The Labute approximate surface area is 137 Å². The van der Waals surface area contributed by atoms with Gasteiger partial charge in [-0.15, -0.1) is 0 Å². The second kappa shape index (κ2) is 6.49. The van der Waals surface area contributed by atoms with Crippen LogP contribution in [0.1, 0.15) is 24.8 Å². The largest absolute Gasteiger partial charge is 0.496 e. The fraction of sp³-hybridized carbons (Fsp3) is 0.611. The summed E-state index contributed by atoms with van der Waals surface area (Å²) in [5.74, 6) is 0.264. The molecule has 0 unspecified atom stereocenters. The number of piperidine rings is 1. The van der Waals surface area contributed by atoms with E-state index in [4.69, 9.17) is 4.74 Å². The molecule has 0 radical (unpaired) electrons. The summed E-state index contributed by atoms with van der Waals surface area (Å²) in [4.78, 5) is 15.8. The average Bonchev–Trinajstić information content (AvgIpc) is 2.87. The number of hydrogen-bond acceptors (Lipinski definition) is 4. The maximum atomic E-state index is 11.3. The molecule has 1 N–H and O–H groups in total. The number of carboxylic acids is 1. The molecular weight excluding hydrogens is 292 g/mol. The first kappa shape index (κ1) is 16.3. The Morgan fingerprint density at radius 1 is 1.35 bits per heavy atom. The van der Waals surface area contributed by atoms with Gasteiger partial charge in [-0.05, 0) is 50.9 Å². The van der Waals surface area contributed by atoms with Crippen LogP contribution < -0.4 is 4.74 Å². The van der Waals surface area contributed by atoms with E-state index in [1.807, 2.05) is 30.1 Å². The molecule has 1 aromatic carbocycles. The Balaban J connectivity index is 1.60. The highest BCUT2D eigenvalue weighted by Crippen LogP contribution is 2.43. The van der Waals surface area contributed by atoms with Crippen LogP contribution in [-0.4, -0.2) is 60.7 Å². The minimum Gasteiger partial charge on any atom is -0.496 e. The number of benzene rings is 1. The molecule has 0 aliphatic carbocycles. The van der Waals surface area contributed by atoms with Gasteiger partial charge in [0.15, 0.2) is 0 Å². The van der Waals surface area contributed by atoms with Crippen molar-refractivity contribution in [3.63, 3.8) is 0 Å². The molecule has 1 spiro atoms. The van der Waals surface area contributed by atoms with Gasteiger partial charge in [-0.3, -0.25) is 14.6 Å². The molecule has 0 saturated carbocycles. The molecule has 2 saturated heterocycles. The summed E-state index contributed by atoms with van der Waals surface area (Å²) < 4.78 is 5.44. The van der Waals surface area contributed by atoms with Crippen LogP contribution in [-0.2, 0) is 11.3 Å². The van der Waals surface area contributed by atoms with E-state index >= 15 is 0 Å². The monoisotopic (exact) mass is 318 g/mol. The quantitative estimate of drug-likeness (QED) is 0.921. The molecular formula is C18H26N2O3. The normalized spacial score (nSPS) is 24.9. The van der Waals surface area contributed by atoms with Gasteiger partial charge < -0.3 is 9.84 Å². The number of likely N-dealkylation sites (tertiary alicyclic amines) is 2. The van der Waals surface area contributed by atoms with E-state index in [9.17, 15) is 9.90 Å². The Morgan fingerprint density at radius 2 is 2.04 bits per heavy atom. The number of hydrogen-bond donors (Lipinski definition) is 1. The number of rotatable bonds is 4. The predicted molar refractivity (Wildman–Crippen MR) is 88.6 cm³/mol. The van der Waals surface area contributed by atoms with Gasteiger partial charge in [-0.2, -0.15) is 0 Å². The molecule has 0 amide bonds. The fourth-order valence-electron chi connectivity index (χ4n) is 4.17. The Hall–Kier alpha value is -1.59. The van der Waals surface area contributed by atoms with Crippen LogP contribution in [0, 0.1) is 5.41 Å². The van der Waals surface area contributed by atoms with Crippen molar-refractivity contribution < 1.29 is 14.6 Å². The molecule has 2 heterocycles. The molecule has 3 rings (SSSR count). The summed E-state index contributed by atoms with van der Waals surface area (Å²) in [6.45, 7) is 3.86. The zero-order chi connectivity index (χ0) is 16.4. The van der Waals surface area contributed by atoms with Crippen molar-refractivity contribution in [2.75, 3.05) is 33.8 Å². The summed E-state index contributed by atoms with van der Waals surface area (Å²) >= 11 is 0. The van der Waals surface area contributed by atoms with Crippen LogP contribution in [0.5, 0.6) is 5.75 Å². The predicted octanol–water partition coefficient (Wildman–Crippen LogP) is 2.07. The van der Waals surface area contributed by atoms with Crippen molar-refractivity contribution in [2.45, 2.75) is 31.8 Å². The summed E-state index contributed by atoms with van der Waals surface area (Å²) in [6, 6.07) is 7.85. The second-order valence-corrected chi connectivity index (χ2v) is 7.06. The standard InChI is InChI=1S/C18H26N2O3/c1-19-13-18(11-15(19)17(21)22)7-9-20(10-8-18)12-14-5-3-4-6-16(14)23-2/h3-6,15H,7-13H2,1-2H3,(H,21,22)/t15-/m0/s1. The zero-order valence-corrected chi connectivity index (χ0v) is 14.0. The molecule has 5 heteroatoms. The van der Waals surface area contributed by atoms with Crippen molar-refractivity contribution in [2.24, 2.45) is 5.41 Å². The number of para-hydroxylation sites is 1. The fourth-order valence-corrected chi connectivity index (χ4v) is 4.17. The Bertz CT molecular complexity index is 567. The van der Waals surface area contributed by atoms with Gasteiger partial charge in [0, 0.05) is 18.7 Å². The summed E-state index contributed by atoms with van der Waals surface area (Å²) in [5.41, 5.74) is 1.41. The van der Waals surface area contributed by atoms with Gasteiger partial charge in [0.05, 0.1) is 7.11 Å². The highest BCUT2D eigenvalue weighted by Gasteiger charge is 2.46. The first-order valence-electron chi connectivity index (χ1n) is 8.30. The maximum absolute atomic E-state index is 11.3. The highest BCUT2D eigenvalue weighted by atomic mass is 16.5. The van der Waals surface area contributed by atoms with E-state index in [2.05, 4.69) is 11.0 Å². The number of nitrogens with zero attached hydrogens (tertiary/aromatic N) is 2. The van der Waals surface area contributed by atoms with Crippen LogP contribution in [0.4, 0.5) is 0 Å². The Kier molecular flexibility index (Phi) is 4.60. The first-order chi connectivity index (χ1) is 11.0.